The minimum Gasteiger partial charge on any atom is -0.465 e. The fraction of sp³-hybridized carbons (Fsp3) is 0.588. The predicted molar refractivity (Wildman–Crippen MR) is 105 cm³/mol. The van der Waals surface area contributed by atoms with Crippen LogP contribution in [0.25, 0.3) is 4.96 Å². The molecule has 11 heteroatoms. The summed E-state index contributed by atoms with van der Waals surface area (Å²) < 4.78 is 11.8. The van der Waals surface area contributed by atoms with E-state index < -0.39 is 11.2 Å². The van der Waals surface area contributed by atoms with Crippen molar-refractivity contribution in [1.29, 1.82) is 0 Å². The Bertz CT molecular complexity index is 942. The highest BCUT2D eigenvalue weighted by atomic mass is 32.2. The average molecular weight is 427 g/mol. The van der Waals surface area contributed by atoms with E-state index in [1.165, 1.54) is 22.8 Å². The topological polar surface area (TPSA) is 103 Å². The summed E-state index contributed by atoms with van der Waals surface area (Å²) >= 11 is 2.18. The number of aromatic nitrogens is 3. The lowest BCUT2D eigenvalue weighted by Gasteiger charge is -2.26. The summed E-state index contributed by atoms with van der Waals surface area (Å²) in [6, 6.07) is 0. The summed E-state index contributed by atoms with van der Waals surface area (Å²) in [4.78, 5) is 44.0. The molecule has 3 heterocycles. The van der Waals surface area contributed by atoms with Crippen LogP contribution in [0.4, 0.5) is 0 Å². The Morgan fingerprint density at radius 1 is 1.39 bits per heavy atom. The van der Waals surface area contributed by atoms with E-state index in [1.807, 2.05) is 0 Å². The van der Waals surface area contributed by atoms with Crippen LogP contribution in [-0.4, -0.2) is 69.9 Å². The number of thioether (sulfide) groups is 1. The smallest absolute Gasteiger partial charge is 0.327 e. The number of Topliss-reactive ketones (excluding diaryl/α,β-unsaturated/α-hetero) is 1. The molecule has 0 unspecified atom stereocenters. The maximum atomic E-state index is 12.9. The van der Waals surface area contributed by atoms with E-state index in [2.05, 4.69) is 15.0 Å². The standard InChI is InChI=1S/C17H22N4O5S2/c1-4-26-15(24)13(10(2)22)27-17-19-21-14(23)11-9-20(7-8-25-3)6-5-12(11)18-16(21)28-17/h13H,4-9H2,1-3H3/t13-/m1/s1. The van der Waals surface area contributed by atoms with Crippen molar-refractivity contribution in [3.05, 3.63) is 21.6 Å². The second-order valence-electron chi connectivity index (χ2n) is 6.28. The van der Waals surface area contributed by atoms with Gasteiger partial charge in [0, 0.05) is 33.2 Å². The molecule has 0 aliphatic carbocycles. The zero-order valence-corrected chi connectivity index (χ0v) is 17.6. The summed E-state index contributed by atoms with van der Waals surface area (Å²) in [5.41, 5.74) is 1.21. The van der Waals surface area contributed by atoms with Crippen LogP contribution >= 0.6 is 23.1 Å². The maximum Gasteiger partial charge on any atom is 0.327 e. The molecule has 0 aromatic carbocycles. The fourth-order valence-electron chi connectivity index (χ4n) is 2.91. The number of hydrogen-bond acceptors (Lipinski definition) is 10. The van der Waals surface area contributed by atoms with Crippen LogP contribution in [0.1, 0.15) is 25.1 Å². The molecule has 1 aliphatic rings. The first-order valence-corrected chi connectivity index (χ1v) is 10.6. The lowest BCUT2D eigenvalue weighted by Crippen LogP contribution is -2.38. The van der Waals surface area contributed by atoms with E-state index in [1.54, 1.807) is 14.0 Å². The molecule has 0 bridgehead atoms. The van der Waals surface area contributed by atoms with Crippen molar-refractivity contribution in [1.82, 2.24) is 19.5 Å². The largest absolute Gasteiger partial charge is 0.465 e. The van der Waals surface area contributed by atoms with Gasteiger partial charge in [0.05, 0.1) is 24.5 Å². The first-order chi connectivity index (χ1) is 13.4. The van der Waals surface area contributed by atoms with E-state index >= 15 is 0 Å². The molecule has 9 nitrogen and oxygen atoms in total. The Hall–Kier alpha value is -1.82. The van der Waals surface area contributed by atoms with Crippen LogP contribution in [-0.2, 0) is 32.0 Å². The number of methoxy groups -OCH3 is 1. The molecule has 0 amide bonds. The first kappa shape index (κ1) is 20.9. The highest BCUT2D eigenvalue weighted by molar-refractivity contribution is 8.03. The first-order valence-electron chi connectivity index (χ1n) is 8.91. The van der Waals surface area contributed by atoms with Crippen molar-refractivity contribution in [3.63, 3.8) is 0 Å². The summed E-state index contributed by atoms with van der Waals surface area (Å²) in [5, 5.41) is 3.29. The molecule has 1 aliphatic heterocycles. The molecular weight excluding hydrogens is 404 g/mol. The second-order valence-corrected chi connectivity index (χ2v) is 8.59. The van der Waals surface area contributed by atoms with E-state index in [9.17, 15) is 14.4 Å². The molecule has 1 atom stereocenters. The summed E-state index contributed by atoms with van der Waals surface area (Å²) in [6.45, 7) is 5.87. The molecular formula is C17H22N4O5S2. The number of fused-ring (bicyclic) bond motifs is 2. The molecule has 0 fully saturated rings. The fourth-order valence-corrected chi connectivity index (χ4v) is 4.92. The molecule has 0 saturated carbocycles. The third-order valence-corrected chi connectivity index (χ3v) is 6.60. The van der Waals surface area contributed by atoms with Crippen molar-refractivity contribution in [2.75, 3.05) is 33.4 Å². The van der Waals surface area contributed by atoms with E-state index in [4.69, 9.17) is 9.47 Å². The van der Waals surface area contributed by atoms with Crippen LogP contribution < -0.4 is 5.56 Å². The molecule has 28 heavy (non-hydrogen) atoms. The maximum absolute atomic E-state index is 12.9. The molecule has 0 N–H and O–H groups in total. The van der Waals surface area contributed by atoms with Crippen LogP contribution in [0.2, 0.25) is 0 Å². The van der Waals surface area contributed by atoms with E-state index in [-0.39, 0.29) is 17.9 Å². The minimum absolute atomic E-state index is 0.191. The number of ketones is 1. The van der Waals surface area contributed by atoms with Gasteiger partial charge >= 0.3 is 5.97 Å². The number of nitrogens with zero attached hydrogens (tertiary/aromatic N) is 4. The minimum atomic E-state index is -1.00. The number of rotatable bonds is 8. The predicted octanol–water partition coefficient (Wildman–Crippen LogP) is 0.768. The Morgan fingerprint density at radius 2 is 2.18 bits per heavy atom. The highest BCUT2D eigenvalue weighted by Gasteiger charge is 2.29. The van der Waals surface area contributed by atoms with Gasteiger partial charge < -0.3 is 9.47 Å². The van der Waals surface area contributed by atoms with Crippen molar-refractivity contribution >= 4 is 39.8 Å². The van der Waals surface area contributed by atoms with Crippen molar-refractivity contribution in [2.45, 2.75) is 36.4 Å². The molecule has 2 aromatic rings. The van der Waals surface area contributed by atoms with Gasteiger partial charge in [-0.15, -0.1) is 5.10 Å². The molecule has 2 aromatic heterocycles. The second kappa shape index (κ2) is 9.12. The molecule has 152 valence electrons. The molecule has 0 radical (unpaired) electrons. The quantitative estimate of drug-likeness (QED) is 0.344. The van der Waals surface area contributed by atoms with Crippen molar-refractivity contribution in [3.8, 4) is 0 Å². The molecule has 3 rings (SSSR count). The number of ether oxygens (including phenoxy) is 2. The van der Waals surface area contributed by atoms with Crippen LogP contribution in [0.5, 0.6) is 0 Å². The highest BCUT2D eigenvalue weighted by Crippen LogP contribution is 2.29. The summed E-state index contributed by atoms with van der Waals surface area (Å²) in [6.07, 6.45) is 0.685. The Balaban J connectivity index is 1.88. The number of esters is 1. The van der Waals surface area contributed by atoms with Gasteiger partial charge in [0.25, 0.3) is 5.56 Å². The SMILES string of the molecule is CCOC(=O)[C@H](Sc1nn2c(=O)c3c(nc2s1)CCN(CCOC)C3)C(C)=O. The Labute approximate surface area is 170 Å². The van der Waals surface area contributed by atoms with Gasteiger partial charge in [-0.3, -0.25) is 19.3 Å². The third kappa shape index (κ3) is 4.43. The van der Waals surface area contributed by atoms with Crippen LogP contribution in [0, 0.1) is 0 Å². The van der Waals surface area contributed by atoms with Crippen LogP contribution in [0.15, 0.2) is 9.13 Å². The van der Waals surface area contributed by atoms with Gasteiger partial charge in [-0.25, -0.2) is 4.98 Å². The summed E-state index contributed by atoms with van der Waals surface area (Å²) in [5.74, 6) is -0.927. The monoisotopic (exact) mass is 426 g/mol. The van der Waals surface area contributed by atoms with Gasteiger partial charge in [0.2, 0.25) is 4.96 Å². The van der Waals surface area contributed by atoms with Gasteiger partial charge in [-0.05, 0) is 13.8 Å². The van der Waals surface area contributed by atoms with Crippen molar-refractivity contribution < 1.29 is 19.1 Å². The number of carbonyl (C=O) groups excluding carboxylic acids is 2. The third-order valence-electron chi connectivity index (χ3n) is 4.32. The lowest BCUT2D eigenvalue weighted by molar-refractivity contribution is -0.144. The Kier molecular flexibility index (Phi) is 6.81. The van der Waals surface area contributed by atoms with E-state index in [0.29, 0.717) is 34.4 Å². The number of hydrogen-bond donors (Lipinski definition) is 0. The zero-order chi connectivity index (χ0) is 20.3. The average Bonchev–Trinajstić information content (AvgIpc) is 3.07. The van der Waals surface area contributed by atoms with E-state index in [0.717, 1.165) is 30.5 Å². The normalized spacial score (nSPS) is 15.4. The molecule has 0 spiro atoms. The Morgan fingerprint density at radius 3 is 2.86 bits per heavy atom. The summed E-state index contributed by atoms with van der Waals surface area (Å²) in [7, 11) is 1.65. The molecule has 0 saturated heterocycles. The van der Waals surface area contributed by atoms with Crippen LogP contribution in [0.3, 0.4) is 0 Å². The van der Waals surface area contributed by atoms with Gasteiger partial charge in [0.1, 0.15) is 0 Å². The van der Waals surface area contributed by atoms with Crippen molar-refractivity contribution in [2.24, 2.45) is 0 Å². The van der Waals surface area contributed by atoms with Gasteiger partial charge in [-0.1, -0.05) is 23.1 Å². The number of carbonyl (C=O) groups is 2. The van der Waals surface area contributed by atoms with Gasteiger partial charge in [0.15, 0.2) is 15.4 Å². The zero-order valence-electron chi connectivity index (χ0n) is 16.0. The van der Waals surface area contributed by atoms with Gasteiger partial charge in [-0.2, -0.15) is 4.52 Å². The lowest BCUT2D eigenvalue weighted by atomic mass is 10.1.